The van der Waals surface area contributed by atoms with Crippen molar-refractivity contribution in [1.82, 2.24) is 15.6 Å². The minimum absolute atomic E-state index is 0. The molecule has 5 nitrogen and oxygen atoms in total. The summed E-state index contributed by atoms with van der Waals surface area (Å²) in [5, 5.41) is 8.20. The molecule has 0 fully saturated rings. The van der Waals surface area contributed by atoms with Crippen LogP contribution in [-0.2, 0) is 6.42 Å². The number of nitrogens with one attached hydrogen (secondary N) is 3. The van der Waals surface area contributed by atoms with Gasteiger partial charge in [-0.1, -0.05) is 36.4 Å². The number of H-pyrrole nitrogens is 1. The zero-order chi connectivity index (χ0) is 18.5. The highest BCUT2D eigenvalue weighted by molar-refractivity contribution is 14.0. The molecule has 28 heavy (non-hydrogen) atoms. The van der Waals surface area contributed by atoms with Gasteiger partial charge < -0.3 is 20.4 Å². The monoisotopic (exact) mass is 490 g/mol. The predicted molar refractivity (Wildman–Crippen MR) is 126 cm³/mol. The van der Waals surface area contributed by atoms with E-state index in [1.807, 2.05) is 13.1 Å². The van der Waals surface area contributed by atoms with Gasteiger partial charge in [0.1, 0.15) is 5.75 Å². The van der Waals surface area contributed by atoms with E-state index in [2.05, 4.69) is 69.3 Å². The molecule has 148 valence electrons. The molecule has 0 bridgehead atoms. The molecule has 0 spiro atoms. The second kappa shape index (κ2) is 9.82. The van der Waals surface area contributed by atoms with Crippen LogP contribution in [0.5, 0.6) is 5.75 Å². The predicted octanol–water partition coefficient (Wildman–Crippen LogP) is 4.06. The van der Waals surface area contributed by atoms with Gasteiger partial charge in [-0.25, -0.2) is 0 Å². The smallest absolute Gasteiger partial charge is 0.191 e. The van der Waals surface area contributed by atoms with E-state index in [0.717, 1.165) is 44.2 Å². The average molecular weight is 490 g/mol. The van der Waals surface area contributed by atoms with E-state index in [1.165, 1.54) is 22.0 Å². The lowest BCUT2D eigenvalue weighted by Crippen LogP contribution is -2.40. The van der Waals surface area contributed by atoms with Crippen LogP contribution >= 0.6 is 24.0 Å². The summed E-state index contributed by atoms with van der Waals surface area (Å²) >= 11 is 0. The fraction of sp³-hybridized carbons (Fsp3) is 0.318. The van der Waals surface area contributed by atoms with E-state index in [4.69, 9.17) is 4.74 Å². The molecule has 6 heteroatoms. The molecule has 0 saturated heterocycles. The van der Waals surface area contributed by atoms with Crippen LogP contribution in [-0.4, -0.2) is 37.7 Å². The number of fused-ring (bicyclic) bond motifs is 2. The molecule has 2 heterocycles. The zero-order valence-electron chi connectivity index (χ0n) is 16.1. The van der Waals surface area contributed by atoms with Crippen molar-refractivity contribution in [3.63, 3.8) is 0 Å². The molecule has 0 radical (unpaired) electrons. The molecule has 1 aliphatic rings. The largest absolute Gasteiger partial charge is 0.493 e. The molecule has 4 rings (SSSR count). The first kappa shape index (κ1) is 20.5. The summed E-state index contributed by atoms with van der Waals surface area (Å²) in [6.45, 7) is 2.47. The topological polar surface area (TPSA) is 61.4 Å². The molecule has 3 aromatic rings. The van der Waals surface area contributed by atoms with Gasteiger partial charge in [0, 0.05) is 43.2 Å². The average Bonchev–Trinajstić information content (AvgIpc) is 3.13. The van der Waals surface area contributed by atoms with Crippen LogP contribution in [0.2, 0.25) is 0 Å². The van der Waals surface area contributed by atoms with Crippen molar-refractivity contribution in [1.29, 1.82) is 0 Å². The second-order valence-electron chi connectivity index (χ2n) is 6.86. The molecule has 0 saturated carbocycles. The maximum absolute atomic E-state index is 5.75. The van der Waals surface area contributed by atoms with E-state index in [0.29, 0.717) is 5.92 Å². The van der Waals surface area contributed by atoms with Gasteiger partial charge in [-0.2, -0.15) is 0 Å². The van der Waals surface area contributed by atoms with E-state index in [-0.39, 0.29) is 24.0 Å². The van der Waals surface area contributed by atoms with Crippen molar-refractivity contribution in [3.8, 4) is 5.75 Å². The summed E-state index contributed by atoms with van der Waals surface area (Å²) < 4.78 is 5.75. The number of rotatable bonds is 5. The van der Waals surface area contributed by atoms with Crippen LogP contribution in [0.4, 0.5) is 0 Å². The summed E-state index contributed by atoms with van der Waals surface area (Å²) in [5.41, 5.74) is 3.80. The van der Waals surface area contributed by atoms with E-state index < -0.39 is 0 Å². The van der Waals surface area contributed by atoms with Crippen LogP contribution in [0.1, 0.15) is 23.5 Å². The Labute approximate surface area is 183 Å². The highest BCUT2D eigenvalue weighted by atomic mass is 127. The number of para-hydroxylation sites is 2. The maximum atomic E-state index is 5.75. The van der Waals surface area contributed by atoms with Gasteiger partial charge >= 0.3 is 0 Å². The Bertz CT molecular complexity index is 937. The number of guanidine groups is 1. The van der Waals surface area contributed by atoms with Crippen molar-refractivity contribution >= 4 is 40.8 Å². The normalized spacial score (nSPS) is 16.0. The van der Waals surface area contributed by atoms with Crippen LogP contribution in [0, 0.1) is 0 Å². The molecule has 1 atom stereocenters. The molecular weight excluding hydrogens is 463 g/mol. The lowest BCUT2D eigenvalue weighted by atomic mass is 9.93. The number of nitrogens with zero attached hydrogens (tertiary/aromatic N) is 1. The summed E-state index contributed by atoms with van der Waals surface area (Å²) in [5.74, 6) is 2.30. The highest BCUT2D eigenvalue weighted by Crippen LogP contribution is 2.32. The first-order valence-corrected chi connectivity index (χ1v) is 9.56. The summed E-state index contributed by atoms with van der Waals surface area (Å²) in [6.07, 6.45) is 4.07. The van der Waals surface area contributed by atoms with E-state index >= 15 is 0 Å². The SMILES string of the molecule is CN=C(NCCc1c[nH]c2ccccc12)NCC1CCOc2ccccc21.I. The third kappa shape index (κ3) is 4.60. The van der Waals surface area contributed by atoms with Crippen molar-refractivity contribution in [2.75, 3.05) is 26.7 Å². The Morgan fingerprint density at radius 3 is 2.86 bits per heavy atom. The quantitative estimate of drug-likeness (QED) is 0.287. The number of hydrogen-bond acceptors (Lipinski definition) is 2. The number of ether oxygens (including phenoxy) is 1. The van der Waals surface area contributed by atoms with Crippen molar-refractivity contribution in [2.24, 2.45) is 4.99 Å². The fourth-order valence-corrected chi connectivity index (χ4v) is 3.72. The van der Waals surface area contributed by atoms with Gasteiger partial charge in [0.25, 0.3) is 0 Å². The molecule has 1 aromatic heterocycles. The Morgan fingerprint density at radius 1 is 1.14 bits per heavy atom. The lowest BCUT2D eigenvalue weighted by Gasteiger charge is -2.26. The van der Waals surface area contributed by atoms with E-state index in [9.17, 15) is 0 Å². The number of halogens is 1. The molecule has 2 aromatic carbocycles. The van der Waals surface area contributed by atoms with Crippen LogP contribution in [0.25, 0.3) is 10.9 Å². The fourth-order valence-electron chi connectivity index (χ4n) is 3.72. The van der Waals surface area contributed by atoms with Gasteiger partial charge in [-0.3, -0.25) is 4.99 Å². The van der Waals surface area contributed by atoms with Crippen LogP contribution in [0.15, 0.2) is 59.7 Å². The molecule has 0 amide bonds. The highest BCUT2D eigenvalue weighted by Gasteiger charge is 2.21. The Kier molecular flexibility index (Phi) is 7.19. The number of benzene rings is 2. The number of aliphatic imine (C=N–C) groups is 1. The Balaban J connectivity index is 0.00000225. The van der Waals surface area contributed by atoms with Crippen molar-refractivity contribution in [2.45, 2.75) is 18.8 Å². The van der Waals surface area contributed by atoms with Gasteiger partial charge in [-0.05, 0) is 36.1 Å². The van der Waals surface area contributed by atoms with Gasteiger partial charge in [0.2, 0.25) is 0 Å². The van der Waals surface area contributed by atoms with Crippen LogP contribution < -0.4 is 15.4 Å². The third-order valence-corrected chi connectivity index (χ3v) is 5.18. The van der Waals surface area contributed by atoms with Crippen molar-refractivity contribution in [3.05, 3.63) is 65.9 Å². The molecule has 1 unspecified atom stereocenters. The summed E-state index contributed by atoms with van der Waals surface area (Å²) in [7, 11) is 1.82. The van der Waals surface area contributed by atoms with Crippen molar-refractivity contribution < 1.29 is 4.74 Å². The molecule has 3 N–H and O–H groups in total. The minimum Gasteiger partial charge on any atom is -0.493 e. The minimum atomic E-state index is 0. The number of aromatic nitrogens is 1. The van der Waals surface area contributed by atoms with Gasteiger partial charge in [0.05, 0.1) is 6.61 Å². The number of hydrogen-bond donors (Lipinski definition) is 3. The number of aromatic amines is 1. The standard InChI is InChI=1S/C22H26N4O.HI/c1-23-22(24-12-10-16-14-25-20-8-4-2-6-18(16)20)26-15-17-11-13-27-21-9-5-3-7-19(17)21;/h2-9,14,17,25H,10-13,15H2,1H3,(H2,23,24,26);1H. The first-order valence-electron chi connectivity index (χ1n) is 9.56. The maximum Gasteiger partial charge on any atom is 0.191 e. The van der Waals surface area contributed by atoms with E-state index in [1.54, 1.807) is 0 Å². The summed E-state index contributed by atoms with van der Waals surface area (Å²) in [4.78, 5) is 7.70. The zero-order valence-corrected chi connectivity index (χ0v) is 18.4. The van der Waals surface area contributed by atoms with Crippen LogP contribution in [0.3, 0.4) is 0 Å². The third-order valence-electron chi connectivity index (χ3n) is 5.18. The van der Waals surface area contributed by atoms with Gasteiger partial charge in [0.15, 0.2) is 5.96 Å². The lowest BCUT2D eigenvalue weighted by molar-refractivity contribution is 0.267. The first-order chi connectivity index (χ1) is 13.3. The molecular formula is C22H27IN4O. The molecule has 1 aliphatic heterocycles. The Morgan fingerprint density at radius 2 is 1.96 bits per heavy atom. The molecule has 0 aliphatic carbocycles. The Hall–Kier alpha value is -2.22. The van der Waals surface area contributed by atoms with Gasteiger partial charge in [-0.15, -0.1) is 24.0 Å². The second-order valence-corrected chi connectivity index (χ2v) is 6.86. The summed E-state index contributed by atoms with van der Waals surface area (Å²) in [6, 6.07) is 16.7.